The minimum absolute atomic E-state index is 0.00789. The van der Waals surface area contributed by atoms with Crippen molar-refractivity contribution in [2.24, 2.45) is 0 Å². The number of piperazine rings is 1. The van der Waals surface area contributed by atoms with Crippen LogP contribution in [-0.4, -0.2) is 75.8 Å². The van der Waals surface area contributed by atoms with Gasteiger partial charge in [-0.15, -0.1) is 5.10 Å². The second kappa shape index (κ2) is 9.57. The molecule has 0 radical (unpaired) electrons. The highest BCUT2D eigenvalue weighted by Gasteiger charge is 2.23. The first-order valence-electron chi connectivity index (χ1n) is 10.2. The number of tetrazole rings is 1. The number of rotatable bonds is 7. The molecule has 0 atom stereocenters. The maximum atomic E-state index is 12.6. The number of carbonyl (C=O) groups is 1. The molecular formula is C22H26N6O3. The van der Waals surface area contributed by atoms with Gasteiger partial charge in [-0.2, -0.15) is 4.68 Å². The van der Waals surface area contributed by atoms with E-state index in [1.165, 1.54) is 5.56 Å². The zero-order valence-electron chi connectivity index (χ0n) is 17.8. The van der Waals surface area contributed by atoms with E-state index in [1.807, 2.05) is 54.3 Å². The number of ether oxygens (including phenoxy) is 2. The molecule has 0 N–H and O–H groups in total. The Hall–Kier alpha value is -3.46. The Balaban J connectivity index is 1.29. The molecule has 3 aromatic rings. The first-order valence-corrected chi connectivity index (χ1v) is 10.2. The summed E-state index contributed by atoms with van der Waals surface area (Å²) in [4.78, 5) is 16.6. The molecule has 31 heavy (non-hydrogen) atoms. The number of hydrogen-bond donors (Lipinski definition) is 0. The number of nitrogens with zero attached hydrogens (tertiary/aromatic N) is 6. The van der Waals surface area contributed by atoms with Crippen LogP contribution in [0.2, 0.25) is 0 Å². The van der Waals surface area contributed by atoms with Gasteiger partial charge >= 0.3 is 0 Å². The molecule has 1 aliphatic rings. The molecule has 2 aromatic carbocycles. The zero-order chi connectivity index (χ0) is 21.6. The van der Waals surface area contributed by atoms with Crippen molar-refractivity contribution >= 4 is 5.91 Å². The Labute approximate surface area is 181 Å². The fourth-order valence-electron chi connectivity index (χ4n) is 3.52. The van der Waals surface area contributed by atoms with E-state index in [1.54, 1.807) is 17.9 Å². The van der Waals surface area contributed by atoms with E-state index >= 15 is 0 Å². The Bertz CT molecular complexity index is 1010. The second-order valence-electron chi connectivity index (χ2n) is 7.44. The minimum atomic E-state index is -0.0324. The second-order valence-corrected chi connectivity index (χ2v) is 7.44. The third kappa shape index (κ3) is 5.00. The van der Waals surface area contributed by atoms with Crippen molar-refractivity contribution in [3.63, 3.8) is 0 Å². The van der Waals surface area contributed by atoms with E-state index in [-0.39, 0.29) is 12.5 Å². The van der Waals surface area contributed by atoms with E-state index < -0.39 is 0 Å². The summed E-state index contributed by atoms with van der Waals surface area (Å²) in [5.74, 6) is 1.93. The Morgan fingerprint density at radius 1 is 1.00 bits per heavy atom. The molecular weight excluding hydrogens is 396 g/mol. The summed E-state index contributed by atoms with van der Waals surface area (Å²) in [5, 5.41) is 12.2. The highest BCUT2D eigenvalue weighted by atomic mass is 16.5. The quantitative estimate of drug-likeness (QED) is 0.573. The molecule has 0 bridgehead atoms. The number of carbonyl (C=O) groups excluding carboxylic acids is 1. The summed E-state index contributed by atoms with van der Waals surface area (Å²) < 4.78 is 12.7. The van der Waals surface area contributed by atoms with Crippen LogP contribution in [0.15, 0.2) is 48.5 Å². The lowest BCUT2D eigenvalue weighted by Gasteiger charge is -2.34. The number of aromatic nitrogens is 4. The highest BCUT2D eigenvalue weighted by molar-refractivity contribution is 5.78. The summed E-state index contributed by atoms with van der Waals surface area (Å²) in [6.07, 6.45) is 0. The fraction of sp³-hybridized carbons (Fsp3) is 0.364. The first kappa shape index (κ1) is 20.8. The molecule has 0 spiro atoms. The van der Waals surface area contributed by atoms with Crippen LogP contribution in [0, 0.1) is 6.92 Å². The van der Waals surface area contributed by atoms with E-state index in [4.69, 9.17) is 9.47 Å². The van der Waals surface area contributed by atoms with Crippen molar-refractivity contribution < 1.29 is 14.3 Å². The number of amides is 1. The molecule has 1 amide bonds. The van der Waals surface area contributed by atoms with Crippen LogP contribution in [0.1, 0.15) is 11.4 Å². The smallest absolute Gasteiger partial charge is 0.260 e. The third-order valence-electron chi connectivity index (χ3n) is 5.32. The van der Waals surface area contributed by atoms with E-state index in [0.29, 0.717) is 31.1 Å². The van der Waals surface area contributed by atoms with Gasteiger partial charge in [0.25, 0.3) is 5.91 Å². The number of benzene rings is 2. The number of hydrogen-bond acceptors (Lipinski definition) is 7. The van der Waals surface area contributed by atoms with Crippen LogP contribution in [-0.2, 0) is 11.3 Å². The van der Waals surface area contributed by atoms with Crippen LogP contribution in [0.3, 0.4) is 0 Å². The van der Waals surface area contributed by atoms with Gasteiger partial charge in [0.1, 0.15) is 0 Å². The highest BCUT2D eigenvalue weighted by Crippen LogP contribution is 2.25. The Morgan fingerprint density at radius 2 is 1.71 bits per heavy atom. The van der Waals surface area contributed by atoms with Crippen molar-refractivity contribution in [3.05, 3.63) is 59.9 Å². The zero-order valence-corrected chi connectivity index (χ0v) is 17.8. The summed E-state index contributed by atoms with van der Waals surface area (Å²) in [5.41, 5.74) is 2.13. The van der Waals surface area contributed by atoms with Crippen molar-refractivity contribution in [1.29, 1.82) is 0 Å². The number of para-hydroxylation sites is 2. The van der Waals surface area contributed by atoms with Gasteiger partial charge in [-0.25, -0.2) is 0 Å². The molecule has 1 saturated heterocycles. The van der Waals surface area contributed by atoms with E-state index in [9.17, 15) is 4.79 Å². The first-order chi connectivity index (χ1) is 15.1. The SMILES string of the molecule is COc1ccccc1OCC(=O)N1CCN(Cc2nnnn2-c2ccc(C)cc2)CC1. The van der Waals surface area contributed by atoms with Gasteiger partial charge in [0.15, 0.2) is 23.9 Å². The van der Waals surface area contributed by atoms with Gasteiger partial charge in [-0.3, -0.25) is 9.69 Å². The predicted octanol–water partition coefficient (Wildman–Crippen LogP) is 1.70. The summed E-state index contributed by atoms with van der Waals surface area (Å²) >= 11 is 0. The molecule has 1 aliphatic heterocycles. The van der Waals surface area contributed by atoms with Gasteiger partial charge < -0.3 is 14.4 Å². The maximum Gasteiger partial charge on any atom is 0.260 e. The summed E-state index contributed by atoms with van der Waals surface area (Å²) in [7, 11) is 1.58. The van der Waals surface area contributed by atoms with Crippen molar-refractivity contribution in [2.75, 3.05) is 39.9 Å². The van der Waals surface area contributed by atoms with Gasteiger partial charge in [-0.1, -0.05) is 29.8 Å². The van der Waals surface area contributed by atoms with Gasteiger partial charge in [0.2, 0.25) is 0 Å². The van der Waals surface area contributed by atoms with Gasteiger partial charge in [-0.05, 0) is 41.6 Å². The monoisotopic (exact) mass is 422 g/mol. The molecule has 0 aliphatic carbocycles. The average molecular weight is 422 g/mol. The maximum absolute atomic E-state index is 12.6. The molecule has 0 unspecified atom stereocenters. The topological polar surface area (TPSA) is 85.6 Å². The molecule has 1 fully saturated rings. The molecule has 2 heterocycles. The molecule has 4 rings (SSSR count). The normalized spacial score (nSPS) is 14.5. The lowest BCUT2D eigenvalue weighted by Crippen LogP contribution is -2.49. The van der Waals surface area contributed by atoms with Gasteiger partial charge in [0.05, 0.1) is 19.3 Å². The third-order valence-corrected chi connectivity index (χ3v) is 5.32. The average Bonchev–Trinajstić information content (AvgIpc) is 3.26. The molecule has 9 nitrogen and oxygen atoms in total. The summed E-state index contributed by atoms with van der Waals surface area (Å²) in [6, 6.07) is 15.4. The lowest BCUT2D eigenvalue weighted by atomic mass is 10.2. The predicted molar refractivity (Wildman–Crippen MR) is 114 cm³/mol. The van der Waals surface area contributed by atoms with Crippen molar-refractivity contribution in [2.45, 2.75) is 13.5 Å². The number of methoxy groups -OCH3 is 1. The van der Waals surface area contributed by atoms with Crippen LogP contribution in [0.5, 0.6) is 11.5 Å². The summed E-state index contributed by atoms with van der Waals surface area (Å²) in [6.45, 7) is 5.45. The molecule has 162 valence electrons. The fourth-order valence-corrected chi connectivity index (χ4v) is 3.52. The standard InChI is InChI=1S/C22H26N6O3/c1-17-7-9-18(10-8-17)28-21(23-24-25-28)15-26-11-13-27(14-12-26)22(29)16-31-20-6-4-3-5-19(20)30-2/h3-10H,11-16H2,1-2H3. The Morgan fingerprint density at radius 3 is 2.42 bits per heavy atom. The van der Waals surface area contributed by atoms with Crippen LogP contribution < -0.4 is 9.47 Å². The van der Waals surface area contributed by atoms with Crippen molar-refractivity contribution in [3.8, 4) is 17.2 Å². The Kier molecular flexibility index (Phi) is 6.42. The van der Waals surface area contributed by atoms with Crippen LogP contribution in [0.25, 0.3) is 5.69 Å². The molecule has 9 heteroatoms. The number of aryl methyl sites for hydroxylation is 1. The largest absolute Gasteiger partial charge is 0.493 e. The van der Waals surface area contributed by atoms with E-state index in [0.717, 1.165) is 24.6 Å². The lowest BCUT2D eigenvalue weighted by molar-refractivity contribution is -0.135. The van der Waals surface area contributed by atoms with Crippen LogP contribution >= 0.6 is 0 Å². The minimum Gasteiger partial charge on any atom is -0.493 e. The van der Waals surface area contributed by atoms with Gasteiger partial charge in [0, 0.05) is 26.2 Å². The molecule has 1 aromatic heterocycles. The van der Waals surface area contributed by atoms with E-state index in [2.05, 4.69) is 20.4 Å². The van der Waals surface area contributed by atoms with Crippen molar-refractivity contribution in [1.82, 2.24) is 30.0 Å². The molecule has 0 saturated carbocycles. The van der Waals surface area contributed by atoms with Crippen LogP contribution in [0.4, 0.5) is 0 Å².